The largest absolute Gasteiger partial charge is 0.319 e. The van der Waals surface area contributed by atoms with E-state index in [-0.39, 0.29) is 17.3 Å². The number of aryl methyl sites for hydroxylation is 1. The quantitative estimate of drug-likeness (QED) is 0.286. The van der Waals surface area contributed by atoms with Crippen molar-refractivity contribution in [3.63, 3.8) is 0 Å². The molecule has 2 aromatic carbocycles. The van der Waals surface area contributed by atoms with E-state index < -0.39 is 10.2 Å². The number of rotatable bonds is 6. The average molecular weight is 394 g/mol. The molecule has 0 aliphatic carbocycles. The molecule has 8 heteroatoms. The Labute approximate surface area is 166 Å². The Morgan fingerprint density at radius 3 is 2.50 bits per heavy atom. The molecule has 3 rings (SSSR count). The van der Waals surface area contributed by atoms with Gasteiger partial charge in [-0.15, -0.1) is 0 Å². The molecule has 3 aromatic rings. The molecule has 1 aromatic heterocycles. The van der Waals surface area contributed by atoms with E-state index in [0.29, 0.717) is 5.16 Å². The Bertz CT molecular complexity index is 1010. The van der Waals surface area contributed by atoms with Crippen molar-refractivity contribution in [2.45, 2.75) is 24.3 Å². The summed E-state index contributed by atoms with van der Waals surface area (Å²) in [5.74, 6) is -0.356. The molecule has 1 atom stereocenters. The number of nitrogens with zero attached hydrogens (tertiary/aromatic N) is 3. The Kier molecular flexibility index (Phi) is 6.00. The number of nitro groups is 1. The van der Waals surface area contributed by atoms with Gasteiger partial charge in [0, 0.05) is 17.3 Å². The summed E-state index contributed by atoms with van der Waals surface area (Å²) < 4.78 is 0. The number of carbonyl (C=O) groups excluding carboxylic acids is 1. The van der Waals surface area contributed by atoms with Gasteiger partial charge in [-0.2, -0.15) is 0 Å². The monoisotopic (exact) mass is 394 g/mol. The first-order valence-electron chi connectivity index (χ1n) is 8.56. The van der Waals surface area contributed by atoms with Crippen LogP contribution in [0.1, 0.15) is 12.6 Å². The molecule has 0 fully saturated rings. The Morgan fingerprint density at radius 2 is 1.79 bits per heavy atom. The van der Waals surface area contributed by atoms with E-state index in [9.17, 15) is 14.9 Å². The maximum Gasteiger partial charge on any atom is 0.292 e. The van der Waals surface area contributed by atoms with Crippen LogP contribution in [-0.4, -0.2) is 26.0 Å². The SMILES string of the molecule is Cc1cc(-c2ccccc2)nc(S[C@H](C)C(=O)Nc2ccccc2[N+](=O)[O-])n1. The van der Waals surface area contributed by atoms with E-state index in [1.54, 1.807) is 19.1 Å². The smallest absolute Gasteiger partial charge is 0.292 e. The number of amides is 1. The van der Waals surface area contributed by atoms with Gasteiger partial charge in [0.05, 0.1) is 15.9 Å². The number of thioether (sulfide) groups is 1. The molecular weight excluding hydrogens is 376 g/mol. The highest BCUT2D eigenvalue weighted by atomic mass is 32.2. The fourth-order valence-electron chi connectivity index (χ4n) is 2.54. The molecule has 1 heterocycles. The minimum Gasteiger partial charge on any atom is -0.319 e. The number of nitro benzene ring substituents is 1. The summed E-state index contributed by atoms with van der Waals surface area (Å²) >= 11 is 1.20. The molecule has 0 saturated carbocycles. The van der Waals surface area contributed by atoms with Gasteiger partial charge in [0.1, 0.15) is 5.69 Å². The minimum absolute atomic E-state index is 0.147. The standard InChI is InChI=1S/C20H18N4O3S/c1-13-12-17(15-8-4-3-5-9-15)23-20(21-13)28-14(2)19(25)22-16-10-6-7-11-18(16)24(26)27/h3-12,14H,1-2H3,(H,22,25)/t14-/m1/s1. The van der Waals surface area contributed by atoms with Crippen LogP contribution < -0.4 is 5.32 Å². The van der Waals surface area contributed by atoms with Gasteiger partial charge < -0.3 is 5.32 Å². The predicted octanol–water partition coefficient (Wildman–Crippen LogP) is 4.48. The molecule has 0 radical (unpaired) electrons. The van der Waals surface area contributed by atoms with Crippen LogP contribution >= 0.6 is 11.8 Å². The van der Waals surface area contributed by atoms with Crippen LogP contribution in [-0.2, 0) is 4.79 Å². The van der Waals surface area contributed by atoms with Gasteiger partial charge in [-0.3, -0.25) is 14.9 Å². The van der Waals surface area contributed by atoms with E-state index in [2.05, 4.69) is 15.3 Å². The lowest BCUT2D eigenvalue weighted by molar-refractivity contribution is -0.383. The average Bonchev–Trinajstić information content (AvgIpc) is 2.68. The van der Waals surface area contributed by atoms with Crippen molar-refractivity contribution < 1.29 is 9.72 Å². The molecule has 142 valence electrons. The highest BCUT2D eigenvalue weighted by molar-refractivity contribution is 8.00. The first-order chi connectivity index (χ1) is 13.4. The molecule has 1 amide bonds. The number of benzene rings is 2. The molecular formula is C20H18N4O3S. The van der Waals surface area contributed by atoms with Crippen molar-refractivity contribution >= 4 is 29.0 Å². The number of anilines is 1. The fraction of sp³-hybridized carbons (Fsp3) is 0.150. The van der Waals surface area contributed by atoms with Crippen LogP contribution in [0.15, 0.2) is 65.8 Å². The van der Waals surface area contributed by atoms with Gasteiger partial charge in [-0.25, -0.2) is 9.97 Å². The Balaban J connectivity index is 1.76. The number of para-hydroxylation sites is 2. The summed E-state index contributed by atoms with van der Waals surface area (Å²) in [6, 6.07) is 17.6. The Morgan fingerprint density at radius 1 is 1.11 bits per heavy atom. The summed E-state index contributed by atoms with van der Waals surface area (Å²) in [5, 5.41) is 13.7. The molecule has 7 nitrogen and oxygen atoms in total. The van der Waals surface area contributed by atoms with Gasteiger partial charge in [0.25, 0.3) is 5.69 Å². The van der Waals surface area contributed by atoms with E-state index >= 15 is 0 Å². The second-order valence-electron chi connectivity index (χ2n) is 6.07. The molecule has 0 unspecified atom stereocenters. The van der Waals surface area contributed by atoms with Gasteiger partial charge in [-0.05, 0) is 26.0 Å². The minimum atomic E-state index is -0.537. The molecule has 0 aliphatic heterocycles. The van der Waals surface area contributed by atoms with Crippen LogP contribution in [0.5, 0.6) is 0 Å². The molecule has 0 bridgehead atoms. The third-order valence-corrected chi connectivity index (χ3v) is 4.87. The zero-order valence-electron chi connectivity index (χ0n) is 15.3. The third-order valence-electron chi connectivity index (χ3n) is 3.91. The topological polar surface area (TPSA) is 98.0 Å². The predicted molar refractivity (Wildman–Crippen MR) is 109 cm³/mol. The maximum atomic E-state index is 12.5. The van der Waals surface area contributed by atoms with E-state index in [0.717, 1.165) is 17.0 Å². The van der Waals surface area contributed by atoms with Crippen molar-refractivity contribution in [3.8, 4) is 11.3 Å². The van der Waals surface area contributed by atoms with Gasteiger partial charge in [0.15, 0.2) is 5.16 Å². The van der Waals surface area contributed by atoms with Gasteiger partial charge in [0.2, 0.25) is 5.91 Å². The second-order valence-corrected chi connectivity index (χ2v) is 7.37. The summed E-state index contributed by atoms with van der Waals surface area (Å²) in [4.78, 5) is 32.0. The zero-order valence-corrected chi connectivity index (χ0v) is 16.1. The van der Waals surface area contributed by atoms with Crippen molar-refractivity contribution in [3.05, 3.63) is 76.5 Å². The van der Waals surface area contributed by atoms with Crippen LogP contribution in [0.2, 0.25) is 0 Å². The van der Waals surface area contributed by atoms with Crippen molar-refractivity contribution in [1.29, 1.82) is 0 Å². The number of hydrogen-bond donors (Lipinski definition) is 1. The lowest BCUT2D eigenvalue weighted by Crippen LogP contribution is -2.23. The molecule has 28 heavy (non-hydrogen) atoms. The second kappa shape index (κ2) is 8.62. The first-order valence-corrected chi connectivity index (χ1v) is 9.44. The zero-order chi connectivity index (χ0) is 20.1. The van der Waals surface area contributed by atoms with Crippen molar-refractivity contribution in [1.82, 2.24) is 9.97 Å². The van der Waals surface area contributed by atoms with Crippen LogP contribution in [0, 0.1) is 17.0 Å². The van der Waals surface area contributed by atoms with Gasteiger partial charge in [-0.1, -0.05) is 54.2 Å². The number of hydrogen-bond acceptors (Lipinski definition) is 6. The molecule has 0 spiro atoms. The van der Waals surface area contributed by atoms with Crippen molar-refractivity contribution in [2.75, 3.05) is 5.32 Å². The molecule has 0 aliphatic rings. The van der Waals surface area contributed by atoms with Crippen LogP contribution in [0.4, 0.5) is 11.4 Å². The van der Waals surface area contributed by atoms with Crippen molar-refractivity contribution in [2.24, 2.45) is 0 Å². The fourth-order valence-corrected chi connectivity index (χ4v) is 3.37. The van der Waals surface area contributed by atoms with Crippen LogP contribution in [0.3, 0.4) is 0 Å². The normalized spacial score (nSPS) is 11.6. The highest BCUT2D eigenvalue weighted by Gasteiger charge is 2.21. The number of nitrogens with one attached hydrogen (secondary N) is 1. The lowest BCUT2D eigenvalue weighted by atomic mass is 10.1. The third kappa shape index (κ3) is 4.72. The van der Waals surface area contributed by atoms with E-state index in [1.165, 1.54) is 23.9 Å². The summed E-state index contributed by atoms with van der Waals surface area (Å²) in [6.07, 6.45) is 0. The van der Waals surface area contributed by atoms with Gasteiger partial charge >= 0.3 is 0 Å². The number of carbonyl (C=O) groups is 1. The molecule has 0 saturated heterocycles. The lowest BCUT2D eigenvalue weighted by Gasteiger charge is -2.12. The summed E-state index contributed by atoms with van der Waals surface area (Å²) in [6.45, 7) is 3.58. The molecule has 1 N–H and O–H groups in total. The number of aromatic nitrogens is 2. The summed E-state index contributed by atoms with van der Waals surface area (Å²) in [7, 11) is 0. The van der Waals surface area contributed by atoms with E-state index in [1.807, 2.05) is 43.3 Å². The maximum absolute atomic E-state index is 12.5. The van der Waals surface area contributed by atoms with E-state index in [4.69, 9.17) is 0 Å². The highest BCUT2D eigenvalue weighted by Crippen LogP contribution is 2.27. The Hall–Kier alpha value is -3.26. The van der Waals surface area contributed by atoms with Crippen LogP contribution in [0.25, 0.3) is 11.3 Å². The first kappa shape index (κ1) is 19.5. The summed E-state index contributed by atoms with van der Waals surface area (Å²) in [5.41, 5.74) is 2.56.